The first-order chi connectivity index (χ1) is 13.1. The maximum atomic E-state index is 12.6. The number of H-pyrrole nitrogens is 1. The van der Waals surface area contributed by atoms with Crippen LogP contribution in [0.15, 0.2) is 34.5 Å². The lowest BCUT2D eigenvalue weighted by atomic mass is 9.87. The summed E-state index contributed by atoms with van der Waals surface area (Å²) < 4.78 is 0. The van der Waals surface area contributed by atoms with Crippen molar-refractivity contribution in [1.29, 1.82) is 0 Å². The molecular weight excluding hydrogens is 336 g/mol. The summed E-state index contributed by atoms with van der Waals surface area (Å²) in [5, 5.41) is 9.58. The molecule has 2 aliphatic rings. The van der Waals surface area contributed by atoms with Crippen LogP contribution in [0.5, 0.6) is 0 Å². The molecule has 2 aliphatic heterocycles. The van der Waals surface area contributed by atoms with E-state index in [1.807, 2.05) is 4.90 Å². The number of piperidine rings is 1. The van der Waals surface area contributed by atoms with Crippen molar-refractivity contribution < 1.29 is 4.79 Å². The zero-order valence-electron chi connectivity index (χ0n) is 15.9. The number of aryl methyl sites for hydroxylation is 1. The molecule has 0 aliphatic carbocycles. The molecule has 0 spiro atoms. The molecule has 140 valence electrons. The lowest BCUT2D eigenvalue weighted by Gasteiger charge is -2.32. The van der Waals surface area contributed by atoms with Crippen LogP contribution >= 0.6 is 0 Å². The van der Waals surface area contributed by atoms with Crippen molar-refractivity contribution in [3.05, 3.63) is 35.5 Å². The van der Waals surface area contributed by atoms with E-state index < -0.39 is 0 Å². The third kappa shape index (κ3) is 3.62. The fourth-order valence-corrected chi connectivity index (χ4v) is 4.38. The molecule has 5 nitrogen and oxygen atoms in total. The number of aromatic amines is 1. The number of rotatable bonds is 6. The number of likely N-dealkylation sites (tertiary alicyclic amines) is 1. The molecule has 3 heterocycles. The van der Waals surface area contributed by atoms with Gasteiger partial charge >= 0.3 is 0 Å². The summed E-state index contributed by atoms with van der Waals surface area (Å²) in [6.45, 7) is 3.81. The highest BCUT2D eigenvalue weighted by Gasteiger charge is 2.39. The molecule has 0 radical (unpaired) electrons. The van der Waals surface area contributed by atoms with E-state index in [4.69, 9.17) is 6.42 Å². The van der Waals surface area contributed by atoms with Crippen LogP contribution in [-0.2, 0) is 4.79 Å². The van der Waals surface area contributed by atoms with E-state index in [0.717, 1.165) is 32.4 Å². The summed E-state index contributed by atoms with van der Waals surface area (Å²) >= 11 is 0. The summed E-state index contributed by atoms with van der Waals surface area (Å²) in [6.07, 6.45) is 9.99. The molecule has 0 atom stereocenters. The first-order valence-electron chi connectivity index (χ1n) is 9.84. The van der Waals surface area contributed by atoms with Crippen molar-refractivity contribution in [3.8, 4) is 12.3 Å². The molecule has 1 N–H and O–H groups in total. The van der Waals surface area contributed by atoms with Crippen LogP contribution in [0.25, 0.3) is 10.9 Å². The Balaban J connectivity index is 1.33. The van der Waals surface area contributed by atoms with Crippen molar-refractivity contribution in [1.82, 2.24) is 9.88 Å². The SMILES string of the molecule is C#CCCC1(CCC(=O)N2CCC(c3c(C)[nH]c4ccccc34)CC2)N=N1. The van der Waals surface area contributed by atoms with Gasteiger partial charge in [-0.1, -0.05) is 18.2 Å². The van der Waals surface area contributed by atoms with E-state index in [0.29, 0.717) is 25.2 Å². The second-order valence-corrected chi connectivity index (χ2v) is 7.75. The van der Waals surface area contributed by atoms with E-state index in [1.165, 1.54) is 22.2 Å². The van der Waals surface area contributed by atoms with E-state index in [-0.39, 0.29) is 11.6 Å². The topological polar surface area (TPSA) is 60.8 Å². The number of carbonyl (C=O) groups excluding carboxylic acids is 1. The standard InChI is InChI=1S/C22H26N4O/c1-3-4-12-22(24-25-22)13-9-20(27)26-14-10-17(11-15-26)21-16(2)23-19-8-6-5-7-18(19)21/h1,5-8,17,23H,4,9-15H2,2H3. The Morgan fingerprint density at radius 2 is 2.04 bits per heavy atom. The molecule has 1 fully saturated rings. The number of nitrogens with one attached hydrogen (secondary N) is 1. The molecule has 1 aromatic carbocycles. The number of para-hydroxylation sites is 1. The van der Waals surface area contributed by atoms with Crippen molar-refractivity contribution in [2.75, 3.05) is 13.1 Å². The summed E-state index contributed by atoms with van der Waals surface area (Å²) in [5.74, 6) is 3.37. The maximum Gasteiger partial charge on any atom is 0.222 e. The lowest BCUT2D eigenvalue weighted by molar-refractivity contribution is -0.132. The van der Waals surface area contributed by atoms with Crippen molar-refractivity contribution in [2.24, 2.45) is 10.2 Å². The first-order valence-corrected chi connectivity index (χ1v) is 9.84. The predicted octanol–water partition coefficient (Wildman–Crippen LogP) is 4.54. The lowest BCUT2D eigenvalue weighted by Crippen LogP contribution is -2.38. The van der Waals surface area contributed by atoms with E-state index >= 15 is 0 Å². The van der Waals surface area contributed by atoms with Gasteiger partial charge in [0.1, 0.15) is 0 Å². The average Bonchev–Trinajstić information content (AvgIpc) is 3.39. The van der Waals surface area contributed by atoms with Crippen LogP contribution in [0.4, 0.5) is 0 Å². The molecule has 4 rings (SSSR count). The van der Waals surface area contributed by atoms with Gasteiger partial charge in [-0.2, -0.15) is 10.2 Å². The van der Waals surface area contributed by atoms with Gasteiger partial charge in [-0.05, 0) is 37.3 Å². The van der Waals surface area contributed by atoms with Gasteiger partial charge in [0.25, 0.3) is 0 Å². The minimum atomic E-state index is -0.360. The molecule has 1 saturated heterocycles. The Kier molecular flexibility index (Phi) is 4.73. The number of fused-ring (bicyclic) bond motifs is 1. The molecule has 0 unspecified atom stereocenters. The molecule has 2 aromatic rings. The number of terminal acetylenes is 1. The van der Waals surface area contributed by atoms with E-state index in [2.05, 4.69) is 52.3 Å². The number of hydrogen-bond donors (Lipinski definition) is 1. The Morgan fingerprint density at radius 1 is 1.30 bits per heavy atom. The fraction of sp³-hybridized carbons (Fsp3) is 0.500. The van der Waals surface area contributed by atoms with Gasteiger partial charge in [-0.15, -0.1) is 12.3 Å². The second kappa shape index (κ2) is 7.19. The highest BCUT2D eigenvalue weighted by atomic mass is 16.2. The average molecular weight is 362 g/mol. The largest absolute Gasteiger partial charge is 0.358 e. The monoisotopic (exact) mass is 362 g/mol. The number of amides is 1. The summed E-state index contributed by atoms with van der Waals surface area (Å²) in [5.41, 5.74) is 3.54. The Bertz CT molecular complexity index is 906. The second-order valence-electron chi connectivity index (χ2n) is 7.75. The van der Waals surface area contributed by atoms with Crippen LogP contribution in [0.1, 0.15) is 55.7 Å². The smallest absolute Gasteiger partial charge is 0.222 e. The van der Waals surface area contributed by atoms with Crippen LogP contribution in [0.3, 0.4) is 0 Å². The van der Waals surface area contributed by atoms with Gasteiger partial charge in [0.15, 0.2) is 5.66 Å². The molecule has 1 aromatic heterocycles. The van der Waals surface area contributed by atoms with E-state index in [1.54, 1.807) is 0 Å². The first kappa shape index (κ1) is 17.8. The minimum absolute atomic E-state index is 0.224. The number of nitrogens with zero attached hydrogens (tertiary/aromatic N) is 3. The summed E-state index contributed by atoms with van der Waals surface area (Å²) in [4.78, 5) is 18.1. The summed E-state index contributed by atoms with van der Waals surface area (Å²) in [7, 11) is 0. The normalized spacial score (nSPS) is 18.6. The molecule has 0 bridgehead atoms. The van der Waals surface area contributed by atoms with E-state index in [9.17, 15) is 4.79 Å². The molecule has 27 heavy (non-hydrogen) atoms. The zero-order chi connectivity index (χ0) is 18.9. The summed E-state index contributed by atoms with van der Waals surface area (Å²) in [6, 6.07) is 8.50. The van der Waals surface area contributed by atoms with Crippen molar-refractivity contribution in [3.63, 3.8) is 0 Å². The van der Waals surface area contributed by atoms with Crippen molar-refractivity contribution >= 4 is 16.8 Å². The minimum Gasteiger partial charge on any atom is -0.358 e. The van der Waals surface area contributed by atoms with Crippen LogP contribution in [-0.4, -0.2) is 34.5 Å². The van der Waals surface area contributed by atoms with Gasteiger partial charge in [-0.3, -0.25) is 4.79 Å². The highest BCUT2D eigenvalue weighted by Crippen LogP contribution is 2.39. The third-order valence-electron chi connectivity index (χ3n) is 5.99. The van der Waals surface area contributed by atoms with Gasteiger partial charge < -0.3 is 9.88 Å². The molecular formula is C22H26N4O. The quantitative estimate of drug-likeness (QED) is 0.754. The number of carbonyl (C=O) groups is 1. The van der Waals surface area contributed by atoms with Crippen LogP contribution in [0.2, 0.25) is 0 Å². The maximum absolute atomic E-state index is 12.6. The van der Waals surface area contributed by atoms with Gasteiger partial charge in [-0.25, -0.2) is 0 Å². The molecule has 1 amide bonds. The third-order valence-corrected chi connectivity index (χ3v) is 5.99. The molecule has 5 heteroatoms. The molecule has 0 saturated carbocycles. The predicted molar refractivity (Wildman–Crippen MR) is 106 cm³/mol. The number of hydrogen-bond acceptors (Lipinski definition) is 3. The highest BCUT2D eigenvalue weighted by molar-refractivity contribution is 5.85. The van der Waals surface area contributed by atoms with Gasteiger partial charge in [0, 0.05) is 55.4 Å². The van der Waals surface area contributed by atoms with Gasteiger partial charge in [0.2, 0.25) is 5.91 Å². The fourth-order valence-electron chi connectivity index (χ4n) is 4.38. The Labute approximate surface area is 160 Å². The van der Waals surface area contributed by atoms with Gasteiger partial charge in [0.05, 0.1) is 0 Å². The Hall–Kier alpha value is -2.61. The van der Waals surface area contributed by atoms with Crippen LogP contribution in [0, 0.1) is 19.3 Å². The van der Waals surface area contributed by atoms with Crippen LogP contribution < -0.4 is 0 Å². The number of aromatic nitrogens is 1. The number of benzene rings is 1. The van der Waals surface area contributed by atoms with Crippen molar-refractivity contribution in [2.45, 2.75) is 57.0 Å². The Morgan fingerprint density at radius 3 is 2.74 bits per heavy atom. The zero-order valence-corrected chi connectivity index (χ0v) is 15.9.